The van der Waals surface area contributed by atoms with E-state index < -0.39 is 58.8 Å². The fourth-order valence-electron chi connectivity index (χ4n) is 3.74. The standard InChI is InChI=1S/C21H17F3N8O4/c1-8-12(14-13(17(25)33)9-5-3-4-6-10(9)28-15(14)18(26)34)16(21(22,23)24)30-32(8)7-11-29-20(36-31-11)19(35)27-2/h3-6H,7H2,1-2H3,(H2,25,33)(H2,26,34)(H,27,35). The maximum Gasteiger partial charge on any atom is 0.435 e. The van der Waals surface area contributed by atoms with Gasteiger partial charge in [-0.05, 0) is 13.0 Å². The van der Waals surface area contributed by atoms with Crippen LogP contribution >= 0.6 is 0 Å². The Morgan fingerprint density at radius 2 is 1.78 bits per heavy atom. The molecule has 0 aliphatic rings. The van der Waals surface area contributed by atoms with Gasteiger partial charge in [0.15, 0.2) is 11.5 Å². The number of amides is 3. The van der Waals surface area contributed by atoms with Crippen LogP contribution in [0.4, 0.5) is 13.2 Å². The third-order valence-electron chi connectivity index (χ3n) is 5.28. The van der Waals surface area contributed by atoms with Crippen LogP contribution in [-0.4, -0.2) is 49.7 Å². The van der Waals surface area contributed by atoms with Crippen molar-refractivity contribution in [3.05, 3.63) is 58.6 Å². The van der Waals surface area contributed by atoms with E-state index in [4.69, 9.17) is 16.0 Å². The topological polar surface area (TPSA) is 185 Å². The summed E-state index contributed by atoms with van der Waals surface area (Å²) in [5.74, 6) is -3.52. The Kier molecular flexibility index (Phi) is 5.91. The molecule has 36 heavy (non-hydrogen) atoms. The number of para-hydroxylation sites is 1. The molecule has 0 radical (unpaired) electrons. The summed E-state index contributed by atoms with van der Waals surface area (Å²) >= 11 is 0. The van der Waals surface area contributed by atoms with Crippen molar-refractivity contribution >= 4 is 28.6 Å². The quantitative estimate of drug-likeness (QED) is 0.353. The van der Waals surface area contributed by atoms with Crippen LogP contribution in [0.5, 0.6) is 0 Å². The first-order chi connectivity index (χ1) is 16.9. The molecule has 0 saturated heterocycles. The number of pyridine rings is 1. The zero-order chi connectivity index (χ0) is 26.4. The van der Waals surface area contributed by atoms with E-state index >= 15 is 0 Å². The summed E-state index contributed by atoms with van der Waals surface area (Å²) < 4.78 is 48.2. The minimum absolute atomic E-state index is 0.124. The van der Waals surface area contributed by atoms with Crippen molar-refractivity contribution in [2.24, 2.45) is 11.5 Å². The maximum atomic E-state index is 14.2. The smallest absolute Gasteiger partial charge is 0.366 e. The lowest BCUT2D eigenvalue weighted by molar-refractivity contribution is -0.141. The van der Waals surface area contributed by atoms with E-state index in [1.807, 2.05) is 0 Å². The third kappa shape index (κ3) is 4.10. The Morgan fingerprint density at radius 3 is 2.39 bits per heavy atom. The molecule has 4 rings (SSSR count). The van der Waals surface area contributed by atoms with Gasteiger partial charge in [0.2, 0.25) is 5.91 Å². The minimum atomic E-state index is -5.02. The highest BCUT2D eigenvalue weighted by Gasteiger charge is 2.41. The van der Waals surface area contributed by atoms with Gasteiger partial charge in [-0.25, -0.2) is 4.98 Å². The molecule has 0 fully saturated rings. The van der Waals surface area contributed by atoms with Crippen molar-refractivity contribution in [3.63, 3.8) is 0 Å². The van der Waals surface area contributed by atoms with Gasteiger partial charge in [-0.2, -0.15) is 23.3 Å². The van der Waals surface area contributed by atoms with Crippen molar-refractivity contribution < 1.29 is 32.1 Å². The Hall–Kier alpha value is -4.82. The van der Waals surface area contributed by atoms with Crippen molar-refractivity contribution in [3.8, 4) is 11.1 Å². The highest BCUT2D eigenvalue weighted by atomic mass is 19.4. The van der Waals surface area contributed by atoms with Gasteiger partial charge in [0, 0.05) is 29.3 Å². The molecule has 0 saturated carbocycles. The molecule has 12 nitrogen and oxygen atoms in total. The Morgan fingerprint density at radius 1 is 1.08 bits per heavy atom. The first-order valence-corrected chi connectivity index (χ1v) is 10.2. The van der Waals surface area contributed by atoms with Crippen molar-refractivity contribution in [2.45, 2.75) is 19.6 Å². The van der Waals surface area contributed by atoms with E-state index in [2.05, 4.69) is 25.5 Å². The monoisotopic (exact) mass is 502 g/mol. The predicted molar refractivity (Wildman–Crippen MR) is 117 cm³/mol. The Balaban J connectivity index is 2.02. The molecular weight excluding hydrogens is 485 g/mol. The van der Waals surface area contributed by atoms with Crippen LogP contribution in [-0.2, 0) is 12.7 Å². The lowest BCUT2D eigenvalue weighted by atomic mass is 9.92. The van der Waals surface area contributed by atoms with Crippen LogP contribution in [0.2, 0.25) is 0 Å². The predicted octanol–water partition coefficient (Wildman–Crippen LogP) is 1.41. The average molecular weight is 502 g/mol. The van der Waals surface area contributed by atoms with Crippen LogP contribution in [0.3, 0.4) is 0 Å². The lowest BCUT2D eigenvalue weighted by Crippen LogP contribution is -2.21. The fourth-order valence-corrected chi connectivity index (χ4v) is 3.74. The number of halogens is 3. The fraction of sp³-hybridized carbons (Fsp3) is 0.190. The van der Waals surface area contributed by atoms with Crippen LogP contribution in [0.15, 0.2) is 28.8 Å². The maximum absolute atomic E-state index is 14.2. The van der Waals surface area contributed by atoms with E-state index in [-0.39, 0.29) is 28.0 Å². The van der Waals surface area contributed by atoms with Gasteiger partial charge >= 0.3 is 18.0 Å². The molecule has 4 aromatic rings. The zero-order valence-corrected chi connectivity index (χ0v) is 18.7. The summed E-state index contributed by atoms with van der Waals surface area (Å²) in [4.78, 5) is 44.4. The van der Waals surface area contributed by atoms with Gasteiger partial charge in [-0.15, -0.1) is 0 Å². The number of hydrogen-bond donors (Lipinski definition) is 3. The van der Waals surface area contributed by atoms with Crippen molar-refractivity contribution in [1.82, 2.24) is 30.2 Å². The van der Waals surface area contributed by atoms with Crippen LogP contribution < -0.4 is 16.8 Å². The number of alkyl halides is 3. The van der Waals surface area contributed by atoms with E-state index in [1.54, 1.807) is 6.07 Å². The number of hydrogen-bond acceptors (Lipinski definition) is 8. The molecule has 3 heterocycles. The zero-order valence-electron chi connectivity index (χ0n) is 18.7. The highest BCUT2D eigenvalue weighted by Crippen LogP contribution is 2.42. The van der Waals surface area contributed by atoms with Crippen LogP contribution in [0.1, 0.15) is 48.7 Å². The molecule has 0 aliphatic heterocycles. The Labute approximate surface area is 199 Å². The second kappa shape index (κ2) is 8.75. The minimum Gasteiger partial charge on any atom is -0.366 e. The molecule has 0 atom stereocenters. The molecule has 3 amide bonds. The van der Waals surface area contributed by atoms with Gasteiger partial charge in [0.25, 0.3) is 5.91 Å². The Bertz CT molecular complexity index is 1540. The number of carbonyl (C=O) groups is 3. The number of primary amides is 2. The van der Waals surface area contributed by atoms with Gasteiger partial charge in [0.05, 0.1) is 11.1 Å². The van der Waals surface area contributed by atoms with E-state index in [0.29, 0.717) is 0 Å². The SMILES string of the molecule is CNC(=O)c1nc(Cn2nc(C(F)(F)F)c(-c3c(C(N)=O)nc4ccccc4c3C(N)=O)c2C)no1. The summed E-state index contributed by atoms with van der Waals surface area (Å²) in [5, 5.41) is 9.62. The molecule has 5 N–H and O–H groups in total. The number of fused-ring (bicyclic) bond motifs is 1. The normalized spacial score (nSPS) is 11.6. The number of rotatable bonds is 6. The molecule has 0 spiro atoms. The van der Waals surface area contributed by atoms with E-state index in [1.165, 1.54) is 32.2 Å². The molecule has 3 aromatic heterocycles. The molecule has 1 aromatic carbocycles. The summed E-state index contributed by atoms with van der Waals surface area (Å²) in [6.07, 6.45) is -5.02. The van der Waals surface area contributed by atoms with Gasteiger partial charge in [-0.3, -0.25) is 19.1 Å². The summed E-state index contributed by atoms with van der Waals surface area (Å²) in [6, 6.07) is 5.99. The lowest BCUT2D eigenvalue weighted by Gasteiger charge is -2.15. The number of benzene rings is 1. The number of aromatic nitrogens is 5. The van der Waals surface area contributed by atoms with Crippen molar-refractivity contribution in [1.29, 1.82) is 0 Å². The van der Waals surface area contributed by atoms with Crippen molar-refractivity contribution in [2.75, 3.05) is 7.05 Å². The first-order valence-electron chi connectivity index (χ1n) is 10.2. The molecular formula is C21H17F3N8O4. The summed E-state index contributed by atoms with van der Waals surface area (Å²) in [5.41, 5.74) is 7.56. The van der Waals surface area contributed by atoms with Crippen LogP contribution in [0.25, 0.3) is 22.0 Å². The molecule has 0 aliphatic carbocycles. The average Bonchev–Trinajstić information content (AvgIpc) is 3.41. The summed E-state index contributed by atoms with van der Waals surface area (Å²) in [7, 11) is 1.33. The second-order valence-electron chi connectivity index (χ2n) is 7.52. The number of nitrogens with two attached hydrogens (primary N) is 2. The van der Waals surface area contributed by atoms with E-state index in [9.17, 15) is 27.6 Å². The summed E-state index contributed by atoms with van der Waals surface area (Å²) in [6.45, 7) is 0.844. The van der Waals surface area contributed by atoms with Gasteiger partial charge in [-0.1, -0.05) is 23.4 Å². The highest BCUT2D eigenvalue weighted by molar-refractivity contribution is 6.15. The number of carbonyl (C=O) groups excluding carboxylic acids is 3. The molecule has 0 unspecified atom stereocenters. The van der Waals surface area contributed by atoms with Crippen LogP contribution in [0, 0.1) is 6.92 Å². The number of nitrogens with zero attached hydrogens (tertiary/aromatic N) is 5. The second-order valence-corrected chi connectivity index (χ2v) is 7.52. The largest absolute Gasteiger partial charge is 0.435 e. The third-order valence-corrected chi connectivity index (χ3v) is 5.28. The first kappa shape index (κ1) is 24.3. The molecule has 0 bridgehead atoms. The van der Waals surface area contributed by atoms with Gasteiger partial charge < -0.3 is 21.3 Å². The molecule has 15 heteroatoms. The van der Waals surface area contributed by atoms with Gasteiger partial charge in [0.1, 0.15) is 12.2 Å². The van der Waals surface area contributed by atoms with E-state index in [0.717, 1.165) is 4.68 Å². The number of nitrogens with one attached hydrogen (secondary N) is 1. The molecule has 186 valence electrons.